The van der Waals surface area contributed by atoms with E-state index in [0.29, 0.717) is 29.4 Å². The molecule has 4 N–H and O–H groups in total. The second-order valence-electron chi connectivity index (χ2n) is 12.4. The van der Waals surface area contributed by atoms with Crippen molar-refractivity contribution in [2.24, 2.45) is 5.92 Å². The Morgan fingerprint density at radius 2 is 1.92 bits per heavy atom. The average Bonchev–Trinajstić information content (AvgIpc) is 3.61. The number of fused-ring (bicyclic) bond motifs is 1. The number of alkyl halides is 2. The Labute approximate surface area is 293 Å². The monoisotopic (exact) mass is 711 g/mol. The van der Waals surface area contributed by atoms with Gasteiger partial charge in [-0.3, -0.25) is 14.4 Å². The van der Waals surface area contributed by atoms with Gasteiger partial charge in [0.25, 0.3) is 5.56 Å². The topological polar surface area (TPSA) is 180 Å². The van der Waals surface area contributed by atoms with Gasteiger partial charge in [0, 0.05) is 18.0 Å². The van der Waals surface area contributed by atoms with Crippen LogP contribution in [0.3, 0.4) is 0 Å². The second kappa shape index (κ2) is 18.1. The highest BCUT2D eigenvalue weighted by Gasteiger charge is 2.37. The Balaban J connectivity index is 1.23. The number of nitrogens with zero attached hydrogens (tertiary/aromatic N) is 2. The SMILES string of the molecule is CCCCC/C=C\C(C)C(NC(=O)C1CCCN1C(=O)CNC(=O)OCC(F)(F)COc1cccc(-c2nc3ccccc3[nH]c2=O)c1)C(=O)O. The van der Waals surface area contributed by atoms with Gasteiger partial charge in [0.05, 0.1) is 11.0 Å². The molecular weight excluding hydrogens is 668 g/mol. The smallest absolute Gasteiger partial charge is 0.407 e. The van der Waals surface area contributed by atoms with E-state index < -0.39 is 73.1 Å². The van der Waals surface area contributed by atoms with E-state index in [2.05, 4.69) is 32.3 Å². The number of H-pyrrole nitrogens is 1. The molecule has 0 radical (unpaired) electrons. The van der Waals surface area contributed by atoms with Crippen LogP contribution in [0.25, 0.3) is 22.3 Å². The third-order valence-electron chi connectivity index (χ3n) is 8.33. The number of ether oxygens (including phenoxy) is 2. The number of rotatable bonds is 17. The number of aromatic amines is 1. The molecule has 0 bridgehead atoms. The van der Waals surface area contributed by atoms with Crippen LogP contribution in [0.2, 0.25) is 0 Å². The molecule has 1 aromatic heterocycles. The molecule has 3 aromatic rings. The number of hydrogen-bond donors (Lipinski definition) is 4. The molecule has 15 heteroatoms. The average molecular weight is 712 g/mol. The van der Waals surface area contributed by atoms with Crippen molar-refractivity contribution in [2.75, 3.05) is 26.3 Å². The number of likely N-dealkylation sites (tertiary alicyclic amines) is 1. The van der Waals surface area contributed by atoms with Crippen LogP contribution in [-0.4, -0.2) is 88.2 Å². The Hall–Kier alpha value is -5.34. The maximum atomic E-state index is 14.6. The number of aliphatic carboxylic acids is 1. The Morgan fingerprint density at radius 1 is 1.14 bits per heavy atom. The number of halogens is 2. The standard InChI is InChI=1S/C36H43F2N5O8/c1-3-4-5-6-7-12-23(2)30(34(47)48)42-32(45)28-17-11-18-43(28)29(44)20-39-35(49)51-22-36(37,38)21-50-25-14-10-13-24(19-25)31-33(46)41-27-16-9-8-15-26(27)40-31/h7-10,12-16,19,23,28,30H,3-6,11,17-18,20-22H2,1-2H3,(H,39,49)(H,41,46)(H,42,45)(H,47,48)/b12-7-. The van der Waals surface area contributed by atoms with E-state index in [1.54, 1.807) is 43.3 Å². The van der Waals surface area contributed by atoms with Crippen molar-refractivity contribution in [3.05, 3.63) is 71.0 Å². The summed E-state index contributed by atoms with van der Waals surface area (Å²) in [6.45, 7) is 0.832. The summed E-state index contributed by atoms with van der Waals surface area (Å²) in [5, 5.41) is 14.4. The number of carboxylic acids is 1. The minimum Gasteiger partial charge on any atom is -0.487 e. The largest absolute Gasteiger partial charge is 0.487 e. The predicted molar refractivity (Wildman–Crippen MR) is 184 cm³/mol. The lowest BCUT2D eigenvalue weighted by atomic mass is 10.00. The summed E-state index contributed by atoms with van der Waals surface area (Å²) in [5.74, 6) is -6.58. The zero-order valence-corrected chi connectivity index (χ0v) is 28.5. The number of para-hydroxylation sites is 2. The fourth-order valence-electron chi connectivity index (χ4n) is 5.60. The minimum atomic E-state index is -3.61. The van der Waals surface area contributed by atoms with Crippen LogP contribution in [0, 0.1) is 5.92 Å². The van der Waals surface area contributed by atoms with Gasteiger partial charge in [-0.2, -0.15) is 8.78 Å². The van der Waals surface area contributed by atoms with Crippen LogP contribution in [-0.2, 0) is 19.1 Å². The number of carbonyl (C=O) groups is 4. The van der Waals surface area contributed by atoms with E-state index in [1.165, 1.54) is 23.1 Å². The van der Waals surface area contributed by atoms with E-state index in [4.69, 9.17) is 4.74 Å². The lowest BCUT2D eigenvalue weighted by molar-refractivity contribution is -0.144. The predicted octanol–water partition coefficient (Wildman–Crippen LogP) is 4.66. The summed E-state index contributed by atoms with van der Waals surface area (Å²) in [6, 6.07) is 10.7. The fourth-order valence-corrected chi connectivity index (χ4v) is 5.60. The van der Waals surface area contributed by atoms with E-state index in [1.807, 2.05) is 6.08 Å². The number of carbonyl (C=O) groups excluding carboxylic acids is 3. The third kappa shape index (κ3) is 11.1. The highest BCUT2D eigenvalue weighted by atomic mass is 19.3. The van der Waals surface area contributed by atoms with Gasteiger partial charge in [0.1, 0.15) is 30.1 Å². The van der Waals surface area contributed by atoms with Gasteiger partial charge in [-0.1, -0.05) is 63.1 Å². The molecule has 3 amide bonds. The molecule has 1 saturated heterocycles. The molecule has 0 saturated carbocycles. The number of carboxylic acid groups (broad SMARTS) is 1. The van der Waals surface area contributed by atoms with Crippen LogP contribution in [0.15, 0.2) is 65.5 Å². The third-order valence-corrected chi connectivity index (χ3v) is 8.33. The number of amides is 3. The zero-order valence-electron chi connectivity index (χ0n) is 28.5. The first-order valence-electron chi connectivity index (χ1n) is 16.9. The van der Waals surface area contributed by atoms with Gasteiger partial charge in [-0.05, 0) is 49.9 Å². The van der Waals surface area contributed by atoms with E-state index in [0.717, 1.165) is 25.7 Å². The normalized spacial score (nSPS) is 15.8. The van der Waals surface area contributed by atoms with Crippen molar-refractivity contribution in [2.45, 2.75) is 70.4 Å². The lowest BCUT2D eigenvalue weighted by Gasteiger charge is -2.27. The maximum Gasteiger partial charge on any atom is 0.407 e. The first-order valence-corrected chi connectivity index (χ1v) is 16.9. The molecule has 2 heterocycles. The first kappa shape index (κ1) is 38.5. The van der Waals surface area contributed by atoms with Gasteiger partial charge < -0.3 is 35.1 Å². The van der Waals surface area contributed by atoms with E-state index in [9.17, 15) is 37.9 Å². The highest BCUT2D eigenvalue weighted by molar-refractivity contribution is 5.92. The molecular formula is C36H43F2N5O8. The lowest BCUT2D eigenvalue weighted by Crippen LogP contribution is -2.53. The number of hydrogen-bond acceptors (Lipinski definition) is 8. The fraction of sp³-hybridized carbons (Fsp3) is 0.444. The molecule has 4 rings (SSSR count). The van der Waals surface area contributed by atoms with Crippen molar-refractivity contribution in [1.29, 1.82) is 0 Å². The van der Waals surface area contributed by atoms with Crippen LogP contribution < -0.4 is 20.9 Å². The summed E-state index contributed by atoms with van der Waals surface area (Å²) < 4.78 is 39.1. The summed E-state index contributed by atoms with van der Waals surface area (Å²) in [6.07, 6.45) is 7.04. The second-order valence-corrected chi connectivity index (χ2v) is 12.4. The van der Waals surface area contributed by atoms with Gasteiger partial charge in [-0.15, -0.1) is 0 Å². The Morgan fingerprint density at radius 3 is 2.69 bits per heavy atom. The molecule has 3 atom stereocenters. The number of unbranched alkanes of at least 4 members (excludes halogenated alkanes) is 3. The van der Waals surface area contributed by atoms with Crippen molar-refractivity contribution >= 4 is 34.9 Å². The van der Waals surface area contributed by atoms with Crippen LogP contribution in [0.5, 0.6) is 5.75 Å². The van der Waals surface area contributed by atoms with Crippen molar-refractivity contribution in [1.82, 2.24) is 25.5 Å². The Bertz CT molecular complexity index is 1780. The molecule has 3 unspecified atom stereocenters. The minimum absolute atomic E-state index is 0.0313. The van der Waals surface area contributed by atoms with Crippen LogP contribution in [0.1, 0.15) is 52.4 Å². The molecule has 13 nitrogen and oxygen atoms in total. The zero-order chi connectivity index (χ0) is 37.0. The van der Waals surface area contributed by atoms with E-state index >= 15 is 0 Å². The quantitative estimate of drug-likeness (QED) is 0.114. The molecule has 1 fully saturated rings. The molecule has 2 aromatic carbocycles. The number of allylic oxidation sites excluding steroid dienone is 1. The van der Waals surface area contributed by atoms with Crippen molar-refractivity contribution < 1.29 is 42.5 Å². The van der Waals surface area contributed by atoms with Crippen molar-refractivity contribution in [3.8, 4) is 17.0 Å². The number of nitrogens with one attached hydrogen (secondary N) is 3. The van der Waals surface area contributed by atoms with Crippen LogP contribution >= 0.6 is 0 Å². The molecule has 51 heavy (non-hydrogen) atoms. The first-order chi connectivity index (χ1) is 24.4. The van der Waals surface area contributed by atoms with Crippen molar-refractivity contribution in [3.63, 3.8) is 0 Å². The number of benzene rings is 2. The molecule has 1 aliphatic rings. The van der Waals surface area contributed by atoms with Gasteiger partial charge in [-0.25, -0.2) is 14.6 Å². The molecule has 1 aliphatic heterocycles. The number of alkyl carbamates (subject to hydrolysis) is 1. The molecule has 0 spiro atoms. The highest BCUT2D eigenvalue weighted by Crippen LogP contribution is 2.24. The number of aromatic nitrogens is 2. The van der Waals surface area contributed by atoms with Gasteiger partial charge >= 0.3 is 18.0 Å². The molecule has 0 aliphatic carbocycles. The summed E-state index contributed by atoms with van der Waals surface area (Å²) in [7, 11) is 0. The molecule has 274 valence electrons. The Kier molecular flexibility index (Phi) is 13.6. The summed E-state index contributed by atoms with van der Waals surface area (Å²) >= 11 is 0. The summed E-state index contributed by atoms with van der Waals surface area (Å²) in [4.78, 5) is 70.9. The van der Waals surface area contributed by atoms with Gasteiger partial charge in [0.15, 0.2) is 13.2 Å². The maximum absolute atomic E-state index is 14.6. The summed E-state index contributed by atoms with van der Waals surface area (Å²) in [5.41, 5.74) is 1.06. The van der Waals surface area contributed by atoms with E-state index in [-0.39, 0.29) is 18.0 Å². The van der Waals surface area contributed by atoms with Crippen LogP contribution in [0.4, 0.5) is 13.6 Å². The van der Waals surface area contributed by atoms with Gasteiger partial charge in [0.2, 0.25) is 11.8 Å².